The van der Waals surface area contributed by atoms with Gasteiger partial charge in [-0.3, -0.25) is 4.79 Å². The number of methoxy groups -OCH3 is 1. The quantitative estimate of drug-likeness (QED) is 0.790. The molecule has 6 heteroatoms. The molecule has 1 saturated heterocycles. The molecule has 2 rings (SSSR count). The molecule has 1 heterocycles. The van der Waals surface area contributed by atoms with Crippen LogP contribution in [-0.4, -0.2) is 57.8 Å². The Morgan fingerprint density at radius 1 is 1.38 bits per heavy atom. The Morgan fingerprint density at radius 2 is 2.19 bits per heavy atom. The van der Waals surface area contributed by atoms with Gasteiger partial charge < -0.3 is 19.9 Å². The zero-order valence-corrected chi connectivity index (χ0v) is 12.6. The molecule has 0 radical (unpaired) electrons. The minimum Gasteiger partial charge on any atom is -0.383 e. The number of carbonyl (C=O) groups is 1. The minimum absolute atomic E-state index is 0.0194. The summed E-state index contributed by atoms with van der Waals surface area (Å²) >= 11 is 0. The molecule has 21 heavy (non-hydrogen) atoms. The van der Waals surface area contributed by atoms with E-state index < -0.39 is 0 Å². The summed E-state index contributed by atoms with van der Waals surface area (Å²) in [7, 11) is 3.41. The summed E-state index contributed by atoms with van der Waals surface area (Å²) in [4.78, 5) is 15.2. The lowest BCUT2D eigenvalue weighted by molar-refractivity contribution is -0.129. The van der Waals surface area contributed by atoms with Crippen LogP contribution in [0.4, 0.5) is 10.1 Å². The van der Waals surface area contributed by atoms with Crippen LogP contribution in [-0.2, 0) is 16.1 Å². The first-order chi connectivity index (χ1) is 10.1. The van der Waals surface area contributed by atoms with Gasteiger partial charge in [0.05, 0.1) is 18.8 Å². The van der Waals surface area contributed by atoms with Crippen molar-refractivity contribution in [2.24, 2.45) is 0 Å². The first kappa shape index (κ1) is 15.7. The van der Waals surface area contributed by atoms with Crippen LogP contribution in [0.5, 0.6) is 0 Å². The number of hydrogen-bond donors (Lipinski definition) is 1. The van der Waals surface area contributed by atoms with Gasteiger partial charge in [-0.1, -0.05) is 6.07 Å². The molecule has 0 bridgehead atoms. The number of carbonyl (C=O) groups excluding carboxylic acids is 1. The van der Waals surface area contributed by atoms with Crippen LogP contribution in [0.3, 0.4) is 0 Å². The number of halogens is 1. The number of likely N-dealkylation sites (N-methyl/N-ethyl adjacent to an activating group) is 1. The van der Waals surface area contributed by atoms with E-state index in [1.807, 2.05) is 6.07 Å². The number of anilines is 1. The number of rotatable bonds is 6. The zero-order chi connectivity index (χ0) is 15.2. The van der Waals surface area contributed by atoms with Crippen molar-refractivity contribution in [2.75, 3.05) is 51.8 Å². The van der Waals surface area contributed by atoms with Gasteiger partial charge in [-0.15, -0.1) is 0 Å². The van der Waals surface area contributed by atoms with Crippen LogP contribution in [0.2, 0.25) is 0 Å². The van der Waals surface area contributed by atoms with Gasteiger partial charge in [-0.25, -0.2) is 4.39 Å². The molecule has 1 aliphatic rings. The van der Waals surface area contributed by atoms with E-state index in [9.17, 15) is 9.18 Å². The van der Waals surface area contributed by atoms with E-state index in [1.54, 1.807) is 30.0 Å². The van der Waals surface area contributed by atoms with E-state index in [2.05, 4.69) is 5.32 Å². The average molecular weight is 295 g/mol. The maximum Gasteiger partial charge on any atom is 0.241 e. The van der Waals surface area contributed by atoms with Gasteiger partial charge in [-0.2, -0.15) is 0 Å². The third-order valence-corrected chi connectivity index (χ3v) is 3.62. The van der Waals surface area contributed by atoms with Crippen LogP contribution >= 0.6 is 0 Å². The molecule has 0 atom stereocenters. The van der Waals surface area contributed by atoms with Gasteiger partial charge in [0.25, 0.3) is 0 Å². The number of hydrogen-bond acceptors (Lipinski definition) is 4. The Hall–Kier alpha value is -1.66. The molecular formula is C15H22FN3O2. The van der Waals surface area contributed by atoms with Gasteiger partial charge in [0, 0.05) is 40.3 Å². The summed E-state index contributed by atoms with van der Waals surface area (Å²) in [5, 5.41) is 3.18. The monoisotopic (exact) mass is 295 g/mol. The van der Waals surface area contributed by atoms with E-state index >= 15 is 0 Å². The highest BCUT2D eigenvalue weighted by molar-refractivity contribution is 5.82. The molecule has 1 N–H and O–H groups in total. The van der Waals surface area contributed by atoms with Crippen LogP contribution in [0.1, 0.15) is 5.56 Å². The maximum absolute atomic E-state index is 14.2. The number of nitrogens with one attached hydrogen (secondary N) is 1. The van der Waals surface area contributed by atoms with Crippen molar-refractivity contribution in [3.63, 3.8) is 0 Å². The van der Waals surface area contributed by atoms with Gasteiger partial charge in [0.1, 0.15) is 5.82 Å². The SMILES string of the molecule is COCCNCc1ccc(N2CCN(C)C(=O)C2)c(F)c1. The molecular weight excluding hydrogens is 273 g/mol. The Balaban J connectivity index is 1.97. The fourth-order valence-electron chi connectivity index (χ4n) is 2.29. The number of ether oxygens (including phenoxy) is 1. The molecule has 5 nitrogen and oxygen atoms in total. The molecule has 0 aromatic heterocycles. The van der Waals surface area contributed by atoms with E-state index in [0.29, 0.717) is 31.9 Å². The number of benzene rings is 1. The molecule has 0 saturated carbocycles. The molecule has 0 aliphatic carbocycles. The molecule has 1 aliphatic heterocycles. The van der Waals surface area contributed by atoms with Crippen molar-refractivity contribution in [1.82, 2.24) is 10.2 Å². The zero-order valence-electron chi connectivity index (χ0n) is 12.6. The standard InChI is InChI=1S/C15H22FN3O2/c1-18-6-7-19(11-15(18)20)14-4-3-12(9-13(14)16)10-17-5-8-21-2/h3-4,9,17H,5-8,10-11H2,1-2H3. The Kier molecular flexibility index (Phi) is 5.52. The van der Waals surface area contributed by atoms with Crippen molar-refractivity contribution in [2.45, 2.75) is 6.54 Å². The molecule has 0 spiro atoms. The van der Waals surface area contributed by atoms with Crippen LogP contribution < -0.4 is 10.2 Å². The lowest BCUT2D eigenvalue weighted by Gasteiger charge is -2.33. The van der Waals surface area contributed by atoms with Crippen molar-refractivity contribution >= 4 is 11.6 Å². The fourth-order valence-corrected chi connectivity index (χ4v) is 2.29. The summed E-state index contributed by atoms with van der Waals surface area (Å²) in [6.45, 7) is 3.47. The average Bonchev–Trinajstić information content (AvgIpc) is 2.47. The largest absolute Gasteiger partial charge is 0.383 e. The van der Waals surface area contributed by atoms with E-state index in [-0.39, 0.29) is 18.3 Å². The second-order valence-electron chi connectivity index (χ2n) is 5.19. The first-order valence-corrected chi connectivity index (χ1v) is 7.09. The highest BCUT2D eigenvalue weighted by atomic mass is 19.1. The Labute approximate surface area is 124 Å². The number of nitrogens with zero attached hydrogens (tertiary/aromatic N) is 2. The summed E-state index contributed by atoms with van der Waals surface area (Å²) in [5.41, 5.74) is 1.38. The Bertz CT molecular complexity index is 496. The molecule has 1 aromatic rings. The van der Waals surface area contributed by atoms with Crippen LogP contribution in [0.25, 0.3) is 0 Å². The van der Waals surface area contributed by atoms with Gasteiger partial charge >= 0.3 is 0 Å². The highest BCUT2D eigenvalue weighted by Crippen LogP contribution is 2.22. The normalized spacial score (nSPS) is 15.7. The maximum atomic E-state index is 14.2. The smallest absolute Gasteiger partial charge is 0.241 e. The molecule has 0 unspecified atom stereocenters. The van der Waals surface area contributed by atoms with E-state index in [0.717, 1.165) is 12.1 Å². The second kappa shape index (κ2) is 7.38. The van der Waals surface area contributed by atoms with Gasteiger partial charge in [-0.05, 0) is 17.7 Å². The molecule has 1 aromatic carbocycles. The van der Waals surface area contributed by atoms with Crippen LogP contribution in [0.15, 0.2) is 18.2 Å². The summed E-state index contributed by atoms with van der Waals surface area (Å²) < 4.78 is 19.2. The number of amides is 1. The number of piperazine rings is 1. The summed E-state index contributed by atoms with van der Waals surface area (Å²) in [6.07, 6.45) is 0. The van der Waals surface area contributed by atoms with Crippen LogP contribution in [0, 0.1) is 5.82 Å². The topological polar surface area (TPSA) is 44.8 Å². The lowest BCUT2D eigenvalue weighted by atomic mass is 10.1. The summed E-state index contributed by atoms with van der Waals surface area (Å²) in [6, 6.07) is 5.17. The predicted molar refractivity (Wildman–Crippen MR) is 79.8 cm³/mol. The van der Waals surface area contributed by atoms with Crippen molar-refractivity contribution in [3.8, 4) is 0 Å². The lowest BCUT2D eigenvalue weighted by Crippen LogP contribution is -2.48. The molecule has 116 valence electrons. The van der Waals surface area contributed by atoms with E-state index in [1.165, 1.54) is 6.07 Å². The van der Waals surface area contributed by atoms with Crippen molar-refractivity contribution in [3.05, 3.63) is 29.6 Å². The first-order valence-electron chi connectivity index (χ1n) is 7.09. The fraction of sp³-hybridized carbons (Fsp3) is 0.533. The van der Waals surface area contributed by atoms with Crippen molar-refractivity contribution < 1.29 is 13.9 Å². The third kappa shape index (κ3) is 4.15. The van der Waals surface area contributed by atoms with Crippen molar-refractivity contribution in [1.29, 1.82) is 0 Å². The summed E-state index contributed by atoms with van der Waals surface area (Å²) in [5.74, 6) is -0.260. The highest BCUT2D eigenvalue weighted by Gasteiger charge is 2.23. The minimum atomic E-state index is -0.279. The molecule has 1 fully saturated rings. The van der Waals surface area contributed by atoms with Gasteiger partial charge in [0.2, 0.25) is 5.91 Å². The second-order valence-corrected chi connectivity index (χ2v) is 5.19. The van der Waals surface area contributed by atoms with Gasteiger partial charge in [0.15, 0.2) is 0 Å². The van der Waals surface area contributed by atoms with E-state index in [4.69, 9.17) is 4.74 Å². The molecule has 1 amide bonds. The predicted octanol–water partition coefficient (Wildman–Crippen LogP) is 0.840. The Morgan fingerprint density at radius 3 is 2.86 bits per heavy atom. The third-order valence-electron chi connectivity index (χ3n) is 3.62.